The number of rotatable bonds is 3. The largest absolute Gasteiger partial charge is 0.493 e. The Balaban J connectivity index is 1.39. The summed E-state index contributed by atoms with van der Waals surface area (Å²) in [5.41, 5.74) is 1.86. The van der Waals surface area contributed by atoms with Gasteiger partial charge in [0.25, 0.3) is 5.91 Å². The van der Waals surface area contributed by atoms with Crippen molar-refractivity contribution < 1.29 is 13.9 Å². The number of para-hydroxylation sites is 1. The summed E-state index contributed by atoms with van der Waals surface area (Å²) in [5.74, 6) is 1.89. The number of carbonyl (C=O) groups is 1. The van der Waals surface area contributed by atoms with Crippen molar-refractivity contribution in [3.63, 3.8) is 0 Å². The van der Waals surface area contributed by atoms with Gasteiger partial charge < -0.3 is 14.1 Å². The van der Waals surface area contributed by atoms with Gasteiger partial charge in [0.1, 0.15) is 0 Å². The molecule has 0 spiro atoms. The molecule has 2 aromatic heterocycles. The van der Waals surface area contributed by atoms with Gasteiger partial charge in [-0.1, -0.05) is 18.2 Å². The van der Waals surface area contributed by atoms with Crippen LogP contribution in [0.3, 0.4) is 0 Å². The molecule has 4 aliphatic heterocycles. The second-order valence-electron chi connectivity index (χ2n) is 8.69. The average molecular weight is 403 g/mol. The van der Waals surface area contributed by atoms with E-state index in [0.717, 1.165) is 18.5 Å². The van der Waals surface area contributed by atoms with E-state index in [1.54, 1.807) is 7.11 Å². The van der Waals surface area contributed by atoms with Crippen LogP contribution in [-0.2, 0) is 0 Å². The lowest BCUT2D eigenvalue weighted by Crippen LogP contribution is -2.60. The van der Waals surface area contributed by atoms with E-state index in [-0.39, 0.29) is 17.9 Å². The lowest BCUT2D eigenvalue weighted by Gasteiger charge is -2.51. The molecule has 7 rings (SSSR count). The Morgan fingerprint density at radius 3 is 2.80 bits per heavy atom. The van der Waals surface area contributed by atoms with E-state index >= 15 is 0 Å². The summed E-state index contributed by atoms with van der Waals surface area (Å²) in [6.07, 6.45) is 6.11. The molecule has 1 amide bonds. The quantitative estimate of drug-likeness (QED) is 0.670. The number of ether oxygens (including phenoxy) is 1. The van der Waals surface area contributed by atoms with Gasteiger partial charge in [-0.3, -0.25) is 14.7 Å². The van der Waals surface area contributed by atoms with E-state index in [1.807, 2.05) is 42.7 Å². The van der Waals surface area contributed by atoms with Crippen LogP contribution in [0.5, 0.6) is 5.75 Å². The summed E-state index contributed by atoms with van der Waals surface area (Å²) in [4.78, 5) is 22.7. The summed E-state index contributed by atoms with van der Waals surface area (Å²) < 4.78 is 11.4. The number of fused-ring (bicyclic) bond motifs is 3. The number of benzene rings is 1. The first kappa shape index (κ1) is 18.0. The van der Waals surface area contributed by atoms with Gasteiger partial charge >= 0.3 is 0 Å². The zero-order chi connectivity index (χ0) is 20.2. The van der Waals surface area contributed by atoms with Crippen LogP contribution >= 0.6 is 0 Å². The highest BCUT2D eigenvalue weighted by atomic mass is 16.5. The Bertz CT molecular complexity index is 1090. The first-order chi connectivity index (χ1) is 14.7. The molecule has 0 saturated carbocycles. The Labute approximate surface area is 175 Å². The molecule has 0 aliphatic carbocycles. The van der Waals surface area contributed by atoms with Gasteiger partial charge in [0, 0.05) is 36.3 Å². The van der Waals surface area contributed by atoms with Crippen molar-refractivity contribution in [2.75, 3.05) is 26.7 Å². The molecular weight excluding hydrogens is 378 g/mol. The van der Waals surface area contributed by atoms with E-state index in [4.69, 9.17) is 9.15 Å². The Morgan fingerprint density at radius 1 is 1.17 bits per heavy atom. The summed E-state index contributed by atoms with van der Waals surface area (Å²) in [6, 6.07) is 12.3. The third kappa shape index (κ3) is 2.59. The standard InChI is InChI=1S/C24H25N3O3/c1-29-19-6-2-4-16-12-20(30-23(16)19)24(28)27-14-18(17-5-3-9-25-13-17)22-21(27)15-7-10-26(22)11-8-15/h2-6,9,12-13,15,18,21-22H,7-8,10-11,14H2,1H3. The molecular formula is C24H25N3O3. The fourth-order valence-electron chi connectivity index (χ4n) is 5.99. The highest BCUT2D eigenvalue weighted by Gasteiger charge is 2.55. The molecule has 4 saturated heterocycles. The minimum atomic E-state index is -0.0107. The fraction of sp³-hybridized carbons (Fsp3) is 0.417. The Morgan fingerprint density at radius 2 is 2.03 bits per heavy atom. The predicted molar refractivity (Wildman–Crippen MR) is 113 cm³/mol. The second-order valence-corrected chi connectivity index (χ2v) is 8.69. The number of furan rings is 1. The summed E-state index contributed by atoms with van der Waals surface area (Å²) in [6.45, 7) is 2.97. The Kier molecular flexibility index (Phi) is 4.09. The van der Waals surface area contributed by atoms with Gasteiger partial charge in [-0.15, -0.1) is 0 Å². The van der Waals surface area contributed by atoms with Gasteiger partial charge in [-0.2, -0.15) is 0 Å². The molecule has 6 heteroatoms. The monoisotopic (exact) mass is 403 g/mol. The minimum absolute atomic E-state index is 0.0107. The molecule has 3 unspecified atom stereocenters. The van der Waals surface area contributed by atoms with E-state index in [9.17, 15) is 4.79 Å². The number of carbonyl (C=O) groups excluding carboxylic acids is 1. The number of likely N-dealkylation sites (tertiary alicyclic amines) is 1. The normalized spacial score (nSPS) is 29.9. The van der Waals surface area contributed by atoms with E-state index < -0.39 is 0 Å². The molecule has 154 valence electrons. The van der Waals surface area contributed by atoms with Crippen molar-refractivity contribution in [3.8, 4) is 5.75 Å². The first-order valence-electron chi connectivity index (χ1n) is 10.8. The maximum Gasteiger partial charge on any atom is 0.289 e. The molecule has 0 N–H and O–H groups in total. The third-order valence-corrected chi connectivity index (χ3v) is 7.31. The lowest BCUT2D eigenvalue weighted by molar-refractivity contribution is -0.00424. The van der Waals surface area contributed by atoms with Gasteiger partial charge in [0.15, 0.2) is 17.1 Å². The van der Waals surface area contributed by atoms with Crippen molar-refractivity contribution in [3.05, 3.63) is 60.1 Å². The highest BCUT2D eigenvalue weighted by Crippen LogP contribution is 2.47. The zero-order valence-corrected chi connectivity index (χ0v) is 17.0. The third-order valence-electron chi connectivity index (χ3n) is 7.31. The van der Waals surface area contributed by atoms with Crippen LogP contribution in [-0.4, -0.2) is 59.5 Å². The van der Waals surface area contributed by atoms with E-state index in [2.05, 4.69) is 20.9 Å². The number of piperidine rings is 3. The smallest absolute Gasteiger partial charge is 0.289 e. The van der Waals surface area contributed by atoms with Crippen LogP contribution in [0.15, 0.2) is 53.2 Å². The van der Waals surface area contributed by atoms with Gasteiger partial charge in [-0.25, -0.2) is 0 Å². The first-order valence-corrected chi connectivity index (χ1v) is 10.8. The predicted octanol–water partition coefficient (Wildman–Crippen LogP) is 3.54. The van der Waals surface area contributed by atoms with Crippen LogP contribution in [0.25, 0.3) is 11.0 Å². The SMILES string of the molecule is COc1cccc2cc(C(=O)N3CC(c4cccnc4)C4C3C3CCN4CC3)oc12. The van der Waals surface area contributed by atoms with Crippen LogP contribution in [0, 0.1) is 5.92 Å². The number of pyridine rings is 1. The molecule has 3 atom stereocenters. The fourth-order valence-corrected chi connectivity index (χ4v) is 5.99. The van der Waals surface area contributed by atoms with Crippen LogP contribution < -0.4 is 4.74 Å². The zero-order valence-electron chi connectivity index (χ0n) is 17.0. The number of amides is 1. The molecule has 2 bridgehead atoms. The lowest BCUT2D eigenvalue weighted by atomic mass is 9.75. The van der Waals surface area contributed by atoms with Crippen LogP contribution in [0.4, 0.5) is 0 Å². The van der Waals surface area contributed by atoms with Crippen LogP contribution in [0.1, 0.15) is 34.9 Å². The van der Waals surface area contributed by atoms with Crippen molar-refractivity contribution in [2.45, 2.75) is 30.8 Å². The number of nitrogens with zero attached hydrogens (tertiary/aromatic N) is 3. The number of hydrogen-bond acceptors (Lipinski definition) is 5. The van der Waals surface area contributed by atoms with E-state index in [1.165, 1.54) is 18.4 Å². The molecule has 1 aromatic carbocycles. The van der Waals surface area contributed by atoms with Crippen molar-refractivity contribution >= 4 is 16.9 Å². The molecule has 0 radical (unpaired) electrons. The van der Waals surface area contributed by atoms with Gasteiger partial charge in [0.05, 0.1) is 13.2 Å². The molecule has 6 heterocycles. The minimum Gasteiger partial charge on any atom is -0.493 e. The molecule has 30 heavy (non-hydrogen) atoms. The number of hydrogen-bond donors (Lipinski definition) is 0. The van der Waals surface area contributed by atoms with Crippen LogP contribution in [0.2, 0.25) is 0 Å². The maximum atomic E-state index is 13.7. The van der Waals surface area contributed by atoms with E-state index in [0.29, 0.717) is 35.6 Å². The van der Waals surface area contributed by atoms with Crippen molar-refractivity contribution in [2.24, 2.45) is 5.92 Å². The Hall–Kier alpha value is -2.86. The number of methoxy groups -OCH3 is 1. The molecule has 6 nitrogen and oxygen atoms in total. The highest BCUT2D eigenvalue weighted by molar-refractivity contribution is 5.97. The van der Waals surface area contributed by atoms with Crippen molar-refractivity contribution in [1.29, 1.82) is 0 Å². The summed E-state index contributed by atoms with van der Waals surface area (Å²) in [5, 5.41) is 0.895. The molecule has 4 aliphatic rings. The molecule has 3 aromatic rings. The summed E-state index contributed by atoms with van der Waals surface area (Å²) >= 11 is 0. The summed E-state index contributed by atoms with van der Waals surface area (Å²) in [7, 11) is 1.62. The second kappa shape index (κ2) is 6.84. The molecule has 4 fully saturated rings. The van der Waals surface area contributed by atoms with Gasteiger partial charge in [0.2, 0.25) is 0 Å². The maximum absolute atomic E-state index is 13.7. The van der Waals surface area contributed by atoms with Gasteiger partial charge in [-0.05, 0) is 55.6 Å². The van der Waals surface area contributed by atoms with Crippen molar-refractivity contribution in [1.82, 2.24) is 14.8 Å². The number of aromatic nitrogens is 1. The average Bonchev–Trinajstić information content (AvgIpc) is 3.43. The topological polar surface area (TPSA) is 58.8 Å².